The summed E-state index contributed by atoms with van der Waals surface area (Å²) >= 11 is 0. The number of fused-ring (bicyclic) bond motifs is 1. The zero-order valence-corrected chi connectivity index (χ0v) is 9.56. The minimum Gasteiger partial charge on any atom is -0.376 e. The number of hydrogen-bond donors (Lipinski definition) is 0. The van der Waals surface area contributed by atoms with Crippen molar-refractivity contribution in [3.05, 3.63) is 23.9 Å². The average molecular weight is 217 g/mol. The first-order chi connectivity index (χ1) is 7.59. The van der Waals surface area contributed by atoms with Gasteiger partial charge in [-0.2, -0.15) is 0 Å². The Kier molecular flexibility index (Phi) is 2.61. The Hall–Kier alpha value is -1.53. The number of amides is 1. The van der Waals surface area contributed by atoms with Crippen molar-refractivity contribution in [2.45, 2.75) is 6.92 Å². The topological polar surface area (TPSA) is 29.5 Å². The molecule has 2 rings (SSSR count). The van der Waals surface area contributed by atoms with Crippen molar-refractivity contribution in [1.82, 2.24) is 4.90 Å². The Bertz CT molecular complexity index is 416. The van der Waals surface area contributed by atoms with E-state index in [0.29, 0.717) is 13.2 Å². The number of carbonyl (C=O) groups excluding carboxylic acids is 1. The lowest BCUT2D eigenvalue weighted by Crippen LogP contribution is -2.43. The fourth-order valence-electron chi connectivity index (χ4n) is 2.25. The van der Waals surface area contributed by atoms with Crippen molar-refractivity contribution >= 4 is 5.91 Å². The lowest BCUT2D eigenvalue weighted by Gasteiger charge is -2.32. The third kappa shape index (κ3) is 1.46. The quantitative estimate of drug-likeness (QED) is 0.570. The molecule has 0 radical (unpaired) electrons. The van der Waals surface area contributed by atoms with E-state index >= 15 is 0 Å². The van der Waals surface area contributed by atoms with Gasteiger partial charge in [-0.15, -0.1) is 6.42 Å². The first kappa shape index (κ1) is 11.0. The van der Waals surface area contributed by atoms with Crippen LogP contribution in [0, 0.1) is 23.7 Å². The molecule has 0 aromatic rings. The van der Waals surface area contributed by atoms with Crippen LogP contribution in [0.4, 0.5) is 0 Å². The summed E-state index contributed by atoms with van der Waals surface area (Å²) in [7, 11) is 1.73. The molecule has 3 nitrogen and oxygen atoms in total. The second-order valence-corrected chi connectivity index (χ2v) is 4.41. The third-order valence-corrected chi connectivity index (χ3v) is 3.38. The molecule has 0 unspecified atom stereocenters. The molecule has 2 heterocycles. The van der Waals surface area contributed by atoms with Gasteiger partial charge in [0.1, 0.15) is 5.41 Å². The molecule has 3 heteroatoms. The molecule has 0 N–H and O–H groups in total. The van der Waals surface area contributed by atoms with Gasteiger partial charge in [-0.25, -0.2) is 0 Å². The van der Waals surface area contributed by atoms with Gasteiger partial charge >= 0.3 is 0 Å². The van der Waals surface area contributed by atoms with Gasteiger partial charge in [0.2, 0.25) is 5.91 Å². The Balaban J connectivity index is 2.50. The zero-order valence-electron chi connectivity index (χ0n) is 9.56. The molecule has 0 aliphatic carbocycles. The van der Waals surface area contributed by atoms with Gasteiger partial charge in [0.05, 0.1) is 13.2 Å². The number of ether oxygens (including phenoxy) is 1. The maximum atomic E-state index is 12.2. The molecule has 1 fully saturated rings. The van der Waals surface area contributed by atoms with Crippen molar-refractivity contribution in [2.75, 3.05) is 20.3 Å². The van der Waals surface area contributed by atoms with Gasteiger partial charge in [0, 0.05) is 19.2 Å². The van der Waals surface area contributed by atoms with E-state index in [0.717, 1.165) is 5.57 Å². The molecule has 0 aromatic heterocycles. The van der Waals surface area contributed by atoms with Crippen molar-refractivity contribution in [1.29, 1.82) is 0 Å². The maximum absolute atomic E-state index is 12.2. The normalized spacial score (nSPS) is 39.1. The Morgan fingerprint density at radius 1 is 1.69 bits per heavy atom. The van der Waals surface area contributed by atoms with E-state index in [4.69, 9.17) is 11.2 Å². The van der Waals surface area contributed by atoms with Crippen molar-refractivity contribution in [3.8, 4) is 12.3 Å². The van der Waals surface area contributed by atoms with E-state index in [1.54, 1.807) is 18.1 Å². The number of terminal acetylenes is 1. The Labute approximate surface area is 95.8 Å². The van der Waals surface area contributed by atoms with Crippen LogP contribution in [0.5, 0.6) is 0 Å². The smallest absolute Gasteiger partial charge is 0.244 e. The van der Waals surface area contributed by atoms with Crippen LogP contribution < -0.4 is 0 Å². The van der Waals surface area contributed by atoms with Gasteiger partial charge < -0.3 is 9.64 Å². The van der Waals surface area contributed by atoms with Crippen LogP contribution in [0.3, 0.4) is 0 Å². The fraction of sp³-hybridized carbons (Fsp3) is 0.462. The van der Waals surface area contributed by atoms with Crippen LogP contribution in [0.15, 0.2) is 23.9 Å². The van der Waals surface area contributed by atoms with Crippen LogP contribution in [0.2, 0.25) is 0 Å². The third-order valence-electron chi connectivity index (χ3n) is 3.38. The summed E-state index contributed by atoms with van der Waals surface area (Å²) in [5, 5.41) is 0. The van der Waals surface area contributed by atoms with Crippen molar-refractivity contribution in [2.24, 2.45) is 11.3 Å². The van der Waals surface area contributed by atoms with E-state index in [9.17, 15) is 4.79 Å². The molecular weight excluding hydrogens is 202 g/mol. The molecule has 1 amide bonds. The highest BCUT2D eigenvalue weighted by molar-refractivity contribution is 5.87. The molecule has 1 saturated heterocycles. The fourth-order valence-corrected chi connectivity index (χ4v) is 2.25. The largest absolute Gasteiger partial charge is 0.376 e. The molecule has 0 spiro atoms. The zero-order chi connectivity index (χ0) is 11.8. The molecule has 0 bridgehead atoms. The summed E-state index contributed by atoms with van der Waals surface area (Å²) in [6, 6.07) is 0. The molecule has 2 atom stereocenters. The summed E-state index contributed by atoms with van der Waals surface area (Å²) < 4.78 is 5.41. The van der Waals surface area contributed by atoms with E-state index in [2.05, 4.69) is 5.92 Å². The second kappa shape index (κ2) is 3.80. The van der Waals surface area contributed by atoms with Gasteiger partial charge in [-0.05, 0) is 18.6 Å². The molecule has 0 saturated carbocycles. The number of carbonyl (C=O) groups is 1. The van der Waals surface area contributed by atoms with Gasteiger partial charge in [0.25, 0.3) is 0 Å². The van der Waals surface area contributed by atoms with Gasteiger partial charge in [-0.1, -0.05) is 12.0 Å². The Morgan fingerprint density at radius 2 is 2.44 bits per heavy atom. The lowest BCUT2D eigenvalue weighted by molar-refractivity contribution is -0.136. The number of nitrogens with zero attached hydrogens (tertiary/aromatic N) is 1. The number of allylic oxidation sites excluding steroid dienone is 2. The van der Waals surface area contributed by atoms with E-state index in [1.807, 2.05) is 19.1 Å². The minimum absolute atomic E-state index is 0.00241. The summed E-state index contributed by atoms with van der Waals surface area (Å²) in [4.78, 5) is 13.8. The molecule has 84 valence electrons. The molecule has 2 aliphatic heterocycles. The summed E-state index contributed by atoms with van der Waals surface area (Å²) in [5.74, 6) is 2.60. The lowest BCUT2D eigenvalue weighted by atomic mass is 9.73. The monoisotopic (exact) mass is 217 g/mol. The molecule has 2 aliphatic rings. The summed E-state index contributed by atoms with van der Waals surface area (Å²) in [6.07, 6.45) is 11.2. The van der Waals surface area contributed by atoms with E-state index in [1.165, 1.54) is 0 Å². The summed E-state index contributed by atoms with van der Waals surface area (Å²) in [5.41, 5.74) is 0.306. The maximum Gasteiger partial charge on any atom is 0.244 e. The standard InChI is InChI=1S/C13H15NO2/c1-4-13(2)11-9-16-8-10(11)6-5-7-14(3)12(13)15/h1,5-7,11H,8-9H2,2-3H3/b7-5-,10-6-/t11-,13-/m0/s1. The SMILES string of the molecule is C#C[C@]1(C)C(=O)N(C)/C=C\C=C2\COC[C@@H]21. The highest BCUT2D eigenvalue weighted by Crippen LogP contribution is 2.38. The summed E-state index contributed by atoms with van der Waals surface area (Å²) in [6.45, 7) is 2.92. The molecule has 0 aromatic carbocycles. The predicted molar refractivity (Wildman–Crippen MR) is 61.2 cm³/mol. The predicted octanol–water partition coefficient (Wildman–Crippen LogP) is 1.18. The van der Waals surface area contributed by atoms with Crippen LogP contribution in [-0.2, 0) is 9.53 Å². The minimum atomic E-state index is -0.804. The highest BCUT2D eigenvalue weighted by Gasteiger charge is 2.45. The molecular formula is C13H15NO2. The van der Waals surface area contributed by atoms with Crippen molar-refractivity contribution < 1.29 is 9.53 Å². The van der Waals surface area contributed by atoms with Crippen LogP contribution in [0.25, 0.3) is 0 Å². The first-order valence-electron chi connectivity index (χ1n) is 5.29. The first-order valence-corrected chi connectivity index (χ1v) is 5.29. The van der Waals surface area contributed by atoms with Crippen LogP contribution in [-0.4, -0.2) is 31.1 Å². The van der Waals surface area contributed by atoms with E-state index in [-0.39, 0.29) is 11.8 Å². The van der Waals surface area contributed by atoms with Crippen LogP contribution >= 0.6 is 0 Å². The van der Waals surface area contributed by atoms with Gasteiger partial charge in [0.15, 0.2) is 0 Å². The van der Waals surface area contributed by atoms with Crippen LogP contribution in [0.1, 0.15) is 6.92 Å². The number of rotatable bonds is 0. The van der Waals surface area contributed by atoms with Gasteiger partial charge in [-0.3, -0.25) is 4.79 Å². The molecule has 16 heavy (non-hydrogen) atoms. The number of hydrogen-bond acceptors (Lipinski definition) is 2. The average Bonchev–Trinajstić information content (AvgIpc) is 2.74. The highest BCUT2D eigenvalue weighted by atomic mass is 16.5. The van der Waals surface area contributed by atoms with Crippen molar-refractivity contribution in [3.63, 3.8) is 0 Å². The van der Waals surface area contributed by atoms with E-state index < -0.39 is 5.41 Å². The second-order valence-electron chi connectivity index (χ2n) is 4.41. The Morgan fingerprint density at radius 3 is 3.12 bits per heavy atom.